The molecule has 0 radical (unpaired) electrons. The molecule has 1 heterocycles. The van der Waals surface area contributed by atoms with E-state index in [0.717, 1.165) is 19.0 Å². The summed E-state index contributed by atoms with van der Waals surface area (Å²) < 4.78 is 4.97. The maximum absolute atomic E-state index is 5.51. The lowest BCUT2D eigenvalue weighted by Crippen LogP contribution is -2.51. The summed E-state index contributed by atoms with van der Waals surface area (Å²) in [5, 5.41) is 1.23. The van der Waals surface area contributed by atoms with Crippen molar-refractivity contribution in [1.29, 1.82) is 0 Å². The third-order valence-corrected chi connectivity index (χ3v) is 3.63. The van der Waals surface area contributed by atoms with E-state index < -0.39 is 0 Å². The van der Waals surface area contributed by atoms with E-state index in [1.807, 2.05) is 11.8 Å². The van der Waals surface area contributed by atoms with Gasteiger partial charge in [-0.3, -0.25) is 5.43 Å². The zero-order chi connectivity index (χ0) is 12.0. The Morgan fingerprint density at radius 3 is 2.62 bits per heavy atom. The van der Waals surface area contributed by atoms with Gasteiger partial charge in [-0.15, -0.1) is 0 Å². The SMILES string of the molecule is COCCN=C(NN)N1CC(C)SC(C)C1. The quantitative estimate of drug-likeness (QED) is 0.246. The zero-order valence-corrected chi connectivity index (χ0v) is 11.1. The highest BCUT2D eigenvalue weighted by molar-refractivity contribution is 8.00. The molecule has 1 saturated heterocycles. The highest BCUT2D eigenvalue weighted by Crippen LogP contribution is 2.24. The number of rotatable bonds is 3. The van der Waals surface area contributed by atoms with Crippen molar-refractivity contribution in [3.8, 4) is 0 Å². The Bertz CT molecular complexity index is 227. The standard InChI is InChI=1S/C10H22N4OS/c1-8-6-14(7-9(2)16-8)10(13-11)12-4-5-15-3/h8-9H,4-7,11H2,1-3H3,(H,12,13). The minimum Gasteiger partial charge on any atom is -0.383 e. The Kier molecular flexibility index (Phi) is 5.94. The number of methoxy groups -OCH3 is 1. The van der Waals surface area contributed by atoms with E-state index in [1.165, 1.54) is 0 Å². The number of thioether (sulfide) groups is 1. The number of hydrogen-bond donors (Lipinski definition) is 2. The molecule has 0 spiro atoms. The molecule has 6 heteroatoms. The van der Waals surface area contributed by atoms with Crippen molar-refractivity contribution >= 4 is 17.7 Å². The van der Waals surface area contributed by atoms with Gasteiger partial charge in [0.05, 0.1) is 13.2 Å². The van der Waals surface area contributed by atoms with E-state index in [2.05, 4.69) is 29.2 Å². The molecule has 0 aromatic carbocycles. The van der Waals surface area contributed by atoms with Crippen LogP contribution >= 0.6 is 11.8 Å². The number of guanidine groups is 1. The summed E-state index contributed by atoms with van der Waals surface area (Å²) in [7, 11) is 1.67. The Morgan fingerprint density at radius 1 is 1.50 bits per heavy atom. The largest absolute Gasteiger partial charge is 0.383 e. The fourth-order valence-electron chi connectivity index (χ4n) is 1.83. The Hall–Kier alpha value is -0.460. The van der Waals surface area contributed by atoms with Gasteiger partial charge in [0.25, 0.3) is 0 Å². The van der Waals surface area contributed by atoms with E-state index in [4.69, 9.17) is 10.6 Å². The second-order valence-corrected chi connectivity index (χ2v) is 5.89. The summed E-state index contributed by atoms with van der Waals surface area (Å²) >= 11 is 2.01. The molecule has 0 aliphatic carbocycles. The van der Waals surface area contributed by atoms with Crippen LogP contribution in [0.15, 0.2) is 4.99 Å². The zero-order valence-electron chi connectivity index (χ0n) is 10.3. The van der Waals surface area contributed by atoms with E-state index >= 15 is 0 Å². The van der Waals surface area contributed by atoms with Gasteiger partial charge in [0.15, 0.2) is 0 Å². The molecule has 3 N–H and O–H groups in total. The molecule has 0 amide bonds. The first kappa shape index (κ1) is 13.6. The number of hydrogen-bond acceptors (Lipinski definition) is 4. The van der Waals surface area contributed by atoms with Crippen LogP contribution in [0.1, 0.15) is 13.8 Å². The number of hydrazine groups is 1. The average molecular weight is 246 g/mol. The van der Waals surface area contributed by atoms with Gasteiger partial charge in [-0.2, -0.15) is 11.8 Å². The van der Waals surface area contributed by atoms with Crippen molar-refractivity contribution in [3.05, 3.63) is 0 Å². The number of nitrogens with one attached hydrogen (secondary N) is 1. The van der Waals surface area contributed by atoms with Crippen LogP contribution in [0.5, 0.6) is 0 Å². The number of aliphatic imine (C=N–C) groups is 1. The van der Waals surface area contributed by atoms with Gasteiger partial charge in [-0.1, -0.05) is 13.8 Å². The van der Waals surface area contributed by atoms with Crippen LogP contribution in [-0.2, 0) is 4.74 Å². The Morgan fingerprint density at radius 2 is 2.12 bits per heavy atom. The normalized spacial score (nSPS) is 27.0. The van der Waals surface area contributed by atoms with Crippen LogP contribution in [0.25, 0.3) is 0 Å². The summed E-state index contributed by atoms with van der Waals surface area (Å²) in [6.45, 7) is 7.71. The van der Waals surface area contributed by atoms with Crippen molar-refractivity contribution in [2.45, 2.75) is 24.3 Å². The first-order valence-corrected chi connectivity index (χ1v) is 6.52. The predicted molar refractivity (Wildman–Crippen MR) is 69.6 cm³/mol. The van der Waals surface area contributed by atoms with Crippen molar-refractivity contribution in [3.63, 3.8) is 0 Å². The molecule has 1 fully saturated rings. The van der Waals surface area contributed by atoms with Gasteiger partial charge in [-0.25, -0.2) is 10.8 Å². The lowest BCUT2D eigenvalue weighted by atomic mass is 10.3. The van der Waals surface area contributed by atoms with E-state index in [9.17, 15) is 0 Å². The predicted octanol–water partition coefficient (Wildman–Crippen LogP) is 0.278. The molecular formula is C10H22N4OS. The lowest BCUT2D eigenvalue weighted by molar-refractivity contribution is 0.207. The monoisotopic (exact) mass is 246 g/mol. The minimum atomic E-state index is 0.615. The third-order valence-electron chi connectivity index (χ3n) is 2.41. The van der Waals surface area contributed by atoms with Gasteiger partial charge in [0, 0.05) is 30.7 Å². The van der Waals surface area contributed by atoms with Crippen LogP contribution in [0.3, 0.4) is 0 Å². The summed E-state index contributed by atoms with van der Waals surface area (Å²) in [6.07, 6.45) is 0. The fraction of sp³-hybridized carbons (Fsp3) is 0.900. The molecule has 94 valence electrons. The fourth-order valence-corrected chi connectivity index (χ4v) is 3.16. The van der Waals surface area contributed by atoms with Crippen molar-refractivity contribution in [1.82, 2.24) is 10.3 Å². The van der Waals surface area contributed by atoms with Crippen LogP contribution in [0, 0.1) is 0 Å². The molecule has 2 atom stereocenters. The highest BCUT2D eigenvalue weighted by atomic mass is 32.2. The molecule has 0 aromatic rings. The minimum absolute atomic E-state index is 0.615. The average Bonchev–Trinajstić information content (AvgIpc) is 2.23. The Labute approximate surface area is 102 Å². The van der Waals surface area contributed by atoms with E-state index in [1.54, 1.807) is 7.11 Å². The third kappa shape index (κ3) is 4.19. The van der Waals surface area contributed by atoms with Gasteiger partial charge < -0.3 is 9.64 Å². The van der Waals surface area contributed by atoms with Gasteiger partial charge in [-0.05, 0) is 0 Å². The summed E-state index contributed by atoms with van der Waals surface area (Å²) in [6, 6.07) is 0. The van der Waals surface area contributed by atoms with Crippen molar-refractivity contribution in [2.75, 3.05) is 33.4 Å². The molecule has 5 nitrogen and oxygen atoms in total. The van der Waals surface area contributed by atoms with Crippen LogP contribution in [0.4, 0.5) is 0 Å². The molecule has 2 unspecified atom stereocenters. The van der Waals surface area contributed by atoms with Crippen LogP contribution in [0.2, 0.25) is 0 Å². The number of nitrogens with zero attached hydrogens (tertiary/aromatic N) is 2. The second kappa shape index (κ2) is 6.98. The summed E-state index contributed by atoms with van der Waals surface area (Å²) in [5.41, 5.74) is 2.68. The maximum atomic E-state index is 5.51. The summed E-state index contributed by atoms with van der Waals surface area (Å²) in [5.74, 6) is 6.28. The van der Waals surface area contributed by atoms with Crippen LogP contribution in [-0.4, -0.2) is 54.7 Å². The smallest absolute Gasteiger partial charge is 0.208 e. The lowest BCUT2D eigenvalue weighted by Gasteiger charge is -2.36. The van der Waals surface area contributed by atoms with Crippen molar-refractivity contribution in [2.24, 2.45) is 10.8 Å². The molecule has 1 rings (SSSR count). The maximum Gasteiger partial charge on any atom is 0.208 e. The Balaban J connectivity index is 2.54. The number of ether oxygens (including phenoxy) is 1. The van der Waals surface area contributed by atoms with Crippen molar-refractivity contribution < 1.29 is 4.74 Å². The molecule has 0 saturated carbocycles. The first-order chi connectivity index (χ1) is 7.67. The van der Waals surface area contributed by atoms with E-state index in [-0.39, 0.29) is 0 Å². The van der Waals surface area contributed by atoms with Gasteiger partial charge in [0.2, 0.25) is 5.96 Å². The summed E-state index contributed by atoms with van der Waals surface area (Å²) in [4.78, 5) is 6.61. The highest BCUT2D eigenvalue weighted by Gasteiger charge is 2.24. The molecular weight excluding hydrogens is 224 g/mol. The van der Waals surface area contributed by atoms with Gasteiger partial charge >= 0.3 is 0 Å². The molecule has 0 bridgehead atoms. The molecule has 1 aliphatic rings. The van der Waals surface area contributed by atoms with E-state index in [0.29, 0.717) is 23.7 Å². The molecule has 0 aromatic heterocycles. The number of nitrogens with two attached hydrogens (primary N) is 1. The molecule has 16 heavy (non-hydrogen) atoms. The van der Waals surface area contributed by atoms with Gasteiger partial charge in [0.1, 0.15) is 0 Å². The molecule has 1 aliphatic heterocycles. The first-order valence-electron chi connectivity index (χ1n) is 5.57. The topological polar surface area (TPSA) is 62.9 Å². The second-order valence-electron chi connectivity index (χ2n) is 4.00. The van der Waals surface area contributed by atoms with Crippen LogP contribution < -0.4 is 11.3 Å².